The highest BCUT2D eigenvalue weighted by atomic mass is 16.2. The van der Waals surface area contributed by atoms with Crippen molar-refractivity contribution in [3.8, 4) is 0 Å². The number of rotatable bonds is 6. The number of carbonyl (C=O) groups excluding carboxylic acids is 2. The number of nitrogens with one attached hydrogen (secondary N) is 2. The van der Waals surface area contributed by atoms with Gasteiger partial charge in [-0.05, 0) is 18.9 Å². The molecule has 5 nitrogen and oxygen atoms in total. The van der Waals surface area contributed by atoms with Crippen molar-refractivity contribution in [2.45, 2.75) is 39.2 Å². The van der Waals surface area contributed by atoms with Gasteiger partial charge in [-0.15, -0.1) is 0 Å². The van der Waals surface area contributed by atoms with Crippen LogP contribution in [0, 0.1) is 0 Å². The van der Waals surface area contributed by atoms with E-state index in [4.69, 9.17) is 0 Å². The van der Waals surface area contributed by atoms with Gasteiger partial charge in [0.15, 0.2) is 6.04 Å². The molecule has 1 saturated heterocycles. The number of carbonyl (C=O) groups is 2. The van der Waals surface area contributed by atoms with Crippen LogP contribution in [0.4, 0.5) is 0 Å². The Hall–Kier alpha value is -1.88. The molecule has 0 saturated carbocycles. The largest absolute Gasteiger partial charge is 0.350 e. The Morgan fingerprint density at radius 2 is 1.83 bits per heavy atom. The van der Waals surface area contributed by atoms with E-state index in [0.29, 0.717) is 12.5 Å². The van der Waals surface area contributed by atoms with Gasteiger partial charge in [0, 0.05) is 19.4 Å². The van der Waals surface area contributed by atoms with E-state index in [2.05, 4.69) is 24.4 Å². The zero-order valence-corrected chi connectivity index (χ0v) is 15.0. The second-order valence-corrected chi connectivity index (χ2v) is 6.65. The number of benzene rings is 1. The number of piperazine rings is 1. The lowest BCUT2D eigenvalue weighted by molar-refractivity contribution is -0.918. The first kappa shape index (κ1) is 18.5. The summed E-state index contributed by atoms with van der Waals surface area (Å²) in [5.41, 5.74) is 1.27. The highest BCUT2D eigenvalue weighted by molar-refractivity contribution is 5.80. The van der Waals surface area contributed by atoms with E-state index in [1.807, 2.05) is 30.0 Å². The molecule has 1 aliphatic heterocycles. The van der Waals surface area contributed by atoms with Crippen LogP contribution < -0.4 is 10.2 Å². The molecule has 0 unspecified atom stereocenters. The lowest BCUT2D eigenvalue weighted by Crippen LogP contribution is -3.19. The topological polar surface area (TPSA) is 53.9 Å². The first-order valence-corrected chi connectivity index (χ1v) is 8.95. The van der Waals surface area contributed by atoms with Gasteiger partial charge in [0.1, 0.15) is 0 Å². The van der Waals surface area contributed by atoms with Crippen molar-refractivity contribution in [2.24, 2.45) is 0 Å². The minimum atomic E-state index is -0.0765. The molecular weight excluding hydrogens is 302 g/mol. The van der Waals surface area contributed by atoms with Gasteiger partial charge in [-0.3, -0.25) is 9.59 Å². The van der Waals surface area contributed by atoms with Gasteiger partial charge in [0.2, 0.25) is 5.91 Å². The highest BCUT2D eigenvalue weighted by Gasteiger charge is 2.29. The average molecular weight is 332 g/mol. The fraction of sp³-hybridized carbons (Fsp3) is 0.579. The van der Waals surface area contributed by atoms with E-state index < -0.39 is 0 Å². The third-order valence-electron chi connectivity index (χ3n) is 5.14. The Balaban J connectivity index is 1.82. The summed E-state index contributed by atoms with van der Waals surface area (Å²) in [5.74, 6) is 0.586. The van der Waals surface area contributed by atoms with Gasteiger partial charge in [0.25, 0.3) is 5.91 Å². The number of amides is 2. The van der Waals surface area contributed by atoms with Crippen LogP contribution in [0.25, 0.3) is 0 Å². The standard InChI is InChI=1S/C19H29N3O2/c1-4-17(18-8-6-5-7-9-18)14-20-19(24)15(2)21-10-12-22(13-11-21)16(3)23/h5-9,15,17H,4,10-14H2,1-3H3,(H,20,24)/p+1/t15-,17-/m1/s1. The molecule has 0 spiro atoms. The summed E-state index contributed by atoms with van der Waals surface area (Å²) in [6.07, 6.45) is 1.00. The summed E-state index contributed by atoms with van der Waals surface area (Å²) in [7, 11) is 0. The van der Waals surface area contributed by atoms with Crippen LogP contribution in [-0.4, -0.2) is 55.5 Å². The Bertz CT molecular complexity index is 539. The Morgan fingerprint density at radius 3 is 2.38 bits per heavy atom. The van der Waals surface area contributed by atoms with Crippen molar-refractivity contribution < 1.29 is 14.5 Å². The van der Waals surface area contributed by atoms with Gasteiger partial charge in [-0.2, -0.15) is 0 Å². The zero-order valence-electron chi connectivity index (χ0n) is 15.0. The van der Waals surface area contributed by atoms with E-state index in [1.165, 1.54) is 10.5 Å². The average Bonchev–Trinajstić information content (AvgIpc) is 2.62. The fourth-order valence-corrected chi connectivity index (χ4v) is 3.33. The van der Waals surface area contributed by atoms with Gasteiger partial charge in [-0.1, -0.05) is 37.3 Å². The molecule has 0 aliphatic carbocycles. The zero-order chi connectivity index (χ0) is 17.5. The van der Waals surface area contributed by atoms with Crippen molar-refractivity contribution in [1.82, 2.24) is 10.2 Å². The summed E-state index contributed by atoms with van der Waals surface area (Å²) >= 11 is 0. The van der Waals surface area contributed by atoms with Crippen LogP contribution in [0.1, 0.15) is 38.7 Å². The van der Waals surface area contributed by atoms with Crippen LogP contribution in [0.15, 0.2) is 30.3 Å². The van der Waals surface area contributed by atoms with Crippen LogP contribution in [0.2, 0.25) is 0 Å². The first-order valence-electron chi connectivity index (χ1n) is 8.95. The van der Waals surface area contributed by atoms with E-state index in [9.17, 15) is 9.59 Å². The Kier molecular flexibility index (Phi) is 6.79. The van der Waals surface area contributed by atoms with Crippen LogP contribution >= 0.6 is 0 Å². The van der Waals surface area contributed by atoms with E-state index in [0.717, 1.165) is 32.6 Å². The molecule has 24 heavy (non-hydrogen) atoms. The SMILES string of the molecule is CC[C@H](CNC(=O)[C@@H](C)[NH+]1CCN(C(C)=O)CC1)c1ccccc1. The maximum absolute atomic E-state index is 12.5. The Labute approximate surface area is 145 Å². The number of nitrogens with zero attached hydrogens (tertiary/aromatic N) is 1. The summed E-state index contributed by atoms with van der Waals surface area (Å²) in [6, 6.07) is 10.3. The van der Waals surface area contributed by atoms with Crippen LogP contribution in [0.3, 0.4) is 0 Å². The van der Waals surface area contributed by atoms with Crippen molar-refractivity contribution in [1.29, 1.82) is 0 Å². The molecule has 1 fully saturated rings. The molecule has 2 atom stereocenters. The fourth-order valence-electron chi connectivity index (χ4n) is 3.33. The maximum Gasteiger partial charge on any atom is 0.278 e. The third kappa shape index (κ3) is 4.81. The molecule has 1 aromatic rings. The van der Waals surface area contributed by atoms with Crippen LogP contribution in [-0.2, 0) is 9.59 Å². The summed E-state index contributed by atoms with van der Waals surface area (Å²) in [4.78, 5) is 27.0. The molecule has 1 aromatic carbocycles. The molecule has 0 radical (unpaired) electrons. The maximum atomic E-state index is 12.5. The van der Waals surface area contributed by atoms with Crippen molar-refractivity contribution >= 4 is 11.8 Å². The molecule has 0 bridgehead atoms. The van der Waals surface area contributed by atoms with E-state index in [1.54, 1.807) is 6.92 Å². The molecule has 1 heterocycles. The molecule has 132 valence electrons. The highest BCUT2D eigenvalue weighted by Crippen LogP contribution is 2.17. The second kappa shape index (κ2) is 8.83. The third-order valence-corrected chi connectivity index (χ3v) is 5.14. The molecule has 2 amide bonds. The second-order valence-electron chi connectivity index (χ2n) is 6.65. The van der Waals surface area contributed by atoms with Crippen LogP contribution in [0.5, 0.6) is 0 Å². The van der Waals surface area contributed by atoms with Crippen molar-refractivity contribution in [3.05, 3.63) is 35.9 Å². The molecular formula is C19H30N3O2+. The predicted molar refractivity (Wildman–Crippen MR) is 94.9 cm³/mol. The van der Waals surface area contributed by atoms with E-state index in [-0.39, 0.29) is 17.9 Å². The monoisotopic (exact) mass is 332 g/mol. The predicted octanol–water partition coefficient (Wildman–Crippen LogP) is 0.432. The number of hydrogen-bond acceptors (Lipinski definition) is 2. The van der Waals surface area contributed by atoms with E-state index >= 15 is 0 Å². The van der Waals surface area contributed by atoms with Gasteiger partial charge in [-0.25, -0.2) is 0 Å². The smallest absolute Gasteiger partial charge is 0.278 e. The quantitative estimate of drug-likeness (QED) is 0.794. The summed E-state index contributed by atoms with van der Waals surface area (Å²) in [6.45, 7) is 9.57. The molecule has 2 rings (SSSR count). The minimum absolute atomic E-state index is 0.0765. The summed E-state index contributed by atoms with van der Waals surface area (Å²) < 4.78 is 0. The minimum Gasteiger partial charge on any atom is -0.350 e. The number of quaternary nitrogens is 1. The lowest BCUT2D eigenvalue weighted by Gasteiger charge is -2.34. The molecule has 0 aromatic heterocycles. The van der Waals surface area contributed by atoms with Gasteiger partial charge < -0.3 is 15.1 Å². The molecule has 1 aliphatic rings. The van der Waals surface area contributed by atoms with Crippen molar-refractivity contribution in [3.63, 3.8) is 0 Å². The number of hydrogen-bond donors (Lipinski definition) is 2. The van der Waals surface area contributed by atoms with Gasteiger partial charge in [0.05, 0.1) is 26.2 Å². The molecule has 2 N–H and O–H groups in total. The Morgan fingerprint density at radius 1 is 1.21 bits per heavy atom. The van der Waals surface area contributed by atoms with Crippen molar-refractivity contribution in [2.75, 3.05) is 32.7 Å². The first-order chi connectivity index (χ1) is 11.5. The molecule has 5 heteroatoms. The lowest BCUT2D eigenvalue weighted by atomic mass is 9.96. The van der Waals surface area contributed by atoms with Gasteiger partial charge >= 0.3 is 0 Å². The summed E-state index contributed by atoms with van der Waals surface area (Å²) in [5, 5.41) is 3.12. The normalized spacial score (nSPS) is 18.0.